The van der Waals surface area contributed by atoms with Crippen LogP contribution < -0.4 is 5.32 Å². The van der Waals surface area contributed by atoms with Gasteiger partial charge in [-0.2, -0.15) is 5.10 Å². The van der Waals surface area contributed by atoms with Gasteiger partial charge in [0.1, 0.15) is 6.04 Å². The molecule has 1 aromatic rings. The fourth-order valence-electron chi connectivity index (χ4n) is 1.29. The highest BCUT2D eigenvalue weighted by Crippen LogP contribution is 1.99. The molecular weight excluding hydrogens is 234 g/mol. The second-order valence-corrected chi connectivity index (χ2v) is 3.76. The lowest BCUT2D eigenvalue weighted by molar-refractivity contribution is -0.146. The van der Waals surface area contributed by atoms with Gasteiger partial charge in [0.15, 0.2) is 0 Å². The van der Waals surface area contributed by atoms with E-state index in [2.05, 4.69) is 10.4 Å². The summed E-state index contributed by atoms with van der Waals surface area (Å²) >= 11 is 0. The third-order valence-electron chi connectivity index (χ3n) is 2.15. The number of hydrogen-bond acceptors (Lipinski definition) is 4. The van der Waals surface area contributed by atoms with Crippen LogP contribution in [0.15, 0.2) is 18.5 Å². The van der Waals surface area contributed by atoms with Crippen LogP contribution in [0.3, 0.4) is 0 Å². The summed E-state index contributed by atoms with van der Waals surface area (Å²) in [6.45, 7) is 3.59. The fourth-order valence-corrected chi connectivity index (χ4v) is 1.29. The van der Waals surface area contributed by atoms with Crippen LogP contribution in [0.2, 0.25) is 0 Å². The molecule has 98 valence electrons. The van der Waals surface area contributed by atoms with E-state index >= 15 is 0 Å². The molecule has 1 aromatic heterocycles. The van der Waals surface area contributed by atoms with Gasteiger partial charge in [0.05, 0.1) is 12.8 Å². The highest BCUT2D eigenvalue weighted by Gasteiger charge is 2.14. The molecule has 1 atom stereocenters. The van der Waals surface area contributed by atoms with Crippen molar-refractivity contribution in [3.05, 3.63) is 24.0 Å². The first kappa shape index (κ1) is 14.0. The van der Waals surface area contributed by atoms with Gasteiger partial charge >= 0.3 is 5.97 Å². The van der Waals surface area contributed by atoms with E-state index in [1.165, 1.54) is 6.08 Å². The van der Waals surface area contributed by atoms with Crippen LogP contribution in [0, 0.1) is 0 Å². The summed E-state index contributed by atoms with van der Waals surface area (Å²) in [6.07, 6.45) is 6.39. The normalized spacial score (nSPS) is 12.4. The SMILES string of the molecule is CCOC(=O)C(C)NC(=O)C=Cc1cnn(C)c1. The second-order valence-electron chi connectivity index (χ2n) is 3.76. The molecule has 0 aliphatic carbocycles. The molecule has 0 saturated carbocycles. The molecule has 0 saturated heterocycles. The van der Waals surface area contributed by atoms with Gasteiger partial charge in [-0.15, -0.1) is 0 Å². The Morgan fingerprint density at radius 3 is 2.89 bits per heavy atom. The monoisotopic (exact) mass is 251 g/mol. The molecule has 6 nitrogen and oxygen atoms in total. The average Bonchev–Trinajstić information content (AvgIpc) is 2.73. The molecule has 0 radical (unpaired) electrons. The minimum Gasteiger partial charge on any atom is -0.464 e. The zero-order chi connectivity index (χ0) is 13.5. The Bertz CT molecular complexity index is 451. The van der Waals surface area contributed by atoms with Crippen molar-refractivity contribution in [2.45, 2.75) is 19.9 Å². The zero-order valence-electron chi connectivity index (χ0n) is 10.7. The second kappa shape index (κ2) is 6.58. The van der Waals surface area contributed by atoms with Crippen LogP contribution in [-0.2, 0) is 21.4 Å². The van der Waals surface area contributed by atoms with E-state index in [4.69, 9.17) is 4.74 Å². The standard InChI is InChI=1S/C12H17N3O3/c1-4-18-12(17)9(2)14-11(16)6-5-10-7-13-15(3)8-10/h5-9H,4H2,1-3H3,(H,14,16). The number of aromatic nitrogens is 2. The number of esters is 1. The van der Waals surface area contributed by atoms with Crippen LogP contribution in [0.25, 0.3) is 6.08 Å². The van der Waals surface area contributed by atoms with Crippen LogP contribution in [0.4, 0.5) is 0 Å². The molecule has 0 aromatic carbocycles. The lowest BCUT2D eigenvalue weighted by Gasteiger charge is -2.10. The Labute approximate surface area is 106 Å². The maximum atomic E-state index is 11.5. The van der Waals surface area contributed by atoms with E-state index in [-0.39, 0.29) is 5.91 Å². The van der Waals surface area contributed by atoms with Crippen molar-refractivity contribution < 1.29 is 14.3 Å². The van der Waals surface area contributed by atoms with Crippen molar-refractivity contribution >= 4 is 18.0 Å². The summed E-state index contributed by atoms with van der Waals surface area (Å²) in [5.74, 6) is -0.792. The van der Waals surface area contributed by atoms with Gasteiger partial charge in [-0.1, -0.05) is 0 Å². The van der Waals surface area contributed by atoms with Crippen LogP contribution in [0.5, 0.6) is 0 Å². The Balaban J connectivity index is 2.46. The van der Waals surface area contributed by atoms with Gasteiger partial charge in [-0.3, -0.25) is 9.48 Å². The first-order valence-corrected chi connectivity index (χ1v) is 5.66. The molecule has 1 N–H and O–H groups in total. The highest BCUT2D eigenvalue weighted by atomic mass is 16.5. The van der Waals surface area contributed by atoms with Gasteiger partial charge in [-0.25, -0.2) is 4.79 Å². The smallest absolute Gasteiger partial charge is 0.328 e. The third-order valence-corrected chi connectivity index (χ3v) is 2.15. The van der Waals surface area contributed by atoms with Crippen LogP contribution >= 0.6 is 0 Å². The number of hydrogen-bond donors (Lipinski definition) is 1. The summed E-state index contributed by atoms with van der Waals surface area (Å²) in [5.41, 5.74) is 0.816. The quantitative estimate of drug-likeness (QED) is 0.611. The highest BCUT2D eigenvalue weighted by molar-refractivity contribution is 5.94. The number of amides is 1. The van der Waals surface area contributed by atoms with Gasteiger partial charge in [-0.05, 0) is 19.9 Å². The van der Waals surface area contributed by atoms with Crippen molar-refractivity contribution in [1.82, 2.24) is 15.1 Å². The number of aryl methyl sites for hydroxylation is 1. The molecule has 0 bridgehead atoms. The molecule has 1 unspecified atom stereocenters. The summed E-state index contributed by atoms with van der Waals surface area (Å²) in [7, 11) is 1.79. The van der Waals surface area contributed by atoms with Crippen LogP contribution in [0.1, 0.15) is 19.4 Å². The molecular formula is C12H17N3O3. The predicted molar refractivity (Wildman–Crippen MR) is 66.5 cm³/mol. The summed E-state index contributed by atoms with van der Waals surface area (Å²) in [4.78, 5) is 22.8. The van der Waals surface area contributed by atoms with Crippen molar-refractivity contribution in [2.24, 2.45) is 7.05 Å². The molecule has 0 aliphatic heterocycles. The Hall–Kier alpha value is -2.11. The lowest BCUT2D eigenvalue weighted by atomic mass is 10.3. The van der Waals surface area contributed by atoms with E-state index in [1.807, 2.05) is 0 Å². The van der Waals surface area contributed by atoms with E-state index in [1.54, 1.807) is 44.0 Å². The van der Waals surface area contributed by atoms with Crippen molar-refractivity contribution in [2.75, 3.05) is 6.61 Å². The summed E-state index contributed by atoms with van der Waals surface area (Å²) in [6, 6.07) is -0.656. The zero-order valence-corrected chi connectivity index (χ0v) is 10.7. The number of rotatable bonds is 5. The maximum absolute atomic E-state index is 11.5. The molecule has 1 rings (SSSR count). The van der Waals surface area contributed by atoms with E-state index in [9.17, 15) is 9.59 Å². The first-order valence-electron chi connectivity index (χ1n) is 5.66. The Morgan fingerprint density at radius 1 is 1.61 bits per heavy atom. The number of ether oxygens (including phenoxy) is 1. The lowest BCUT2D eigenvalue weighted by Crippen LogP contribution is -2.38. The number of nitrogens with zero attached hydrogens (tertiary/aromatic N) is 2. The molecule has 18 heavy (non-hydrogen) atoms. The summed E-state index contributed by atoms with van der Waals surface area (Å²) < 4.78 is 6.42. The third kappa shape index (κ3) is 4.40. The average molecular weight is 251 g/mol. The first-order chi connectivity index (χ1) is 8.52. The molecule has 1 amide bonds. The number of nitrogens with one attached hydrogen (secondary N) is 1. The fraction of sp³-hybridized carbons (Fsp3) is 0.417. The van der Waals surface area contributed by atoms with E-state index in [0.717, 1.165) is 5.56 Å². The summed E-state index contributed by atoms with van der Waals surface area (Å²) in [5, 5.41) is 6.48. The van der Waals surface area contributed by atoms with E-state index < -0.39 is 12.0 Å². The Morgan fingerprint density at radius 2 is 2.33 bits per heavy atom. The minimum atomic E-state index is -0.656. The maximum Gasteiger partial charge on any atom is 0.328 e. The Kier molecular flexibility index (Phi) is 5.10. The van der Waals surface area contributed by atoms with Crippen molar-refractivity contribution in [1.29, 1.82) is 0 Å². The number of carbonyl (C=O) groups excluding carboxylic acids is 2. The van der Waals surface area contributed by atoms with E-state index in [0.29, 0.717) is 6.61 Å². The molecule has 0 spiro atoms. The van der Waals surface area contributed by atoms with Gasteiger partial charge in [0.25, 0.3) is 0 Å². The van der Waals surface area contributed by atoms with Crippen molar-refractivity contribution in [3.8, 4) is 0 Å². The largest absolute Gasteiger partial charge is 0.464 e. The van der Waals surface area contributed by atoms with Crippen molar-refractivity contribution in [3.63, 3.8) is 0 Å². The molecule has 6 heteroatoms. The minimum absolute atomic E-state index is 0.296. The molecule has 0 aliphatic rings. The topological polar surface area (TPSA) is 73.2 Å². The molecule has 1 heterocycles. The van der Waals surface area contributed by atoms with Gasteiger partial charge < -0.3 is 10.1 Å². The predicted octanol–water partition coefficient (Wildman–Crippen LogP) is 0.501. The number of carbonyl (C=O) groups is 2. The van der Waals surface area contributed by atoms with Gasteiger partial charge in [0.2, 0.25) is 5.91 Å². The van der Waals surface area contributed by atoms with Gasteiger partial charge in [0, 0.05) is 24.9 Å². The van der Waals surface area contributed by atoms with Crippen LogP contribution in [-0.4, -0.2) is 34.3 Å². The molecule has 0 fully saturated rings.